The number of hydrogen-bond donors (Lipinski definition) is 1. The van der Waals surface area contributed by atoms with Crippen LogP contribution in [-0.2, 0) is 12.8 Å². The SMILES string of the molecule is Cc1ccc(C2=C(c3cc(C(F)(F)F)ccc3OCc3ccc(F)cc3F)CCC2)nc1C(=O)O. The first-order chi connectivity index (χ1) is 16.5. The molecule has 2 aromatic carbocycles. The lowest BCUT2D eigenvalue weighted by molar-refractivity contribution is -0.137. The van der Waals surface area contributed by atoms with E-state index in [1.54, 1.807) is 19.1 Å². The molecule has 0 atom stereocenters. The van der Waals surface area contributed by atoms with E-state index < -0.39 is 29.3 Å². The molecule has 0 fully saturated rings. The van der Waals surface area contributed by atoms with E-state index in [-0.39, 0.29) is 29.2 Å². The van der Waals surface area contributed by atoms with E-state index in [4.69, 9.17) is 4.74 Å². The van der Waals surface area contributed by atoms with Crippen LogP contribution in [0.15, 0.2) is 48.5 Å². The first-order valence-corrected chi connectivity index (χ1v) is 10.8. The third kappa shape index (κ3) is 5.18. The fourth-order valence-electron chi connectivity index (χ4n) is 4.10. The molecule has 4 rings (SSSR count). The minimum absolute atomic E-state index is 0.0455. The van der Waals surface area contributed by atoms with Crippen molar-refractivity contribution in [1.29, 1.82) is 0 Å². The molecule has 0 saturated carbocycles. The van der Waals surface area contributed by atoms with E-state index in [9.17, 15) is 31.9 Å². The summed E-state index contributed by atoms with van der Waals surface area (Å²) in [6, 6.07) is 9.25. The van der Waals surface area contributed by atoms with Gasteiger partial charge >= 0.3 is 12.1 Å². The second-order valence-corrected chi connectivity index (χ2v) is 8.21. The summed E-state index contributed by atoms with van der Waals surface area (Å²) >= 11 is 0. The van der Waals surface area contributed by atoms with Crippen molar-refractivity contribution < 1.29 is 36.6 Å². The van der Waals surface area contributed by atoms with Crippen molar-refractivity contribution in [3.8, 4) is 5.75 Å². The van der Waals surface area contributed by atoms with Crippen LogP contribution in [-0.4, -0.2) is 16.1 Å². The summed E-state index contributed by atoms with van der Waals surface area (Å²) < 4.78 is 73.5. The molecule has 0 saturated heterocycles. The minimum Gasteiger partial charge on any atom is -0.488 e. The molecular formula is C26H20F5NO3. The molecule has 0 radical (unpaired) electrons. The van der Waals surface area contributed by atoms with Gasteiger partial charge in [0.15, 0.2) is 5.69 Å². The van der Waals surface area contributed by atoms with Crippen molar-refractivity contribution in [2.75, 3.05) is 0 Å². The molecule has 9 heteroatoms. The fraction of sp³-hybridized carbons (Fsp3) is 0.231. The van der Waals surface area contributed by atoms with Gasteiger partial charge in [0, 0.05) is 17.2 Å². The average Bonchev–Trinajstić information content (AvgIpc) is 3.27. The molecule has 1 heterocycles. The monoisotopic (exact) mass is 489 g/mol. The highest BCUT2D eigenvalue weighted by molar-refractivity contribution is 5.95. The van der Waals surface area contributed by atoms with Gasteiger partial charge in [-0.1, -0.05) is 6.07 Å². The van der Waals surface area contributed by atoms with Crippen LogP contribution in [0.25, 0.3) is 11.1 Å². The quantitative estimate of drug-likeness (QED) is 0.377. The maximum Gasteiger partial charge on any atom is 0.416 e. The number of rotatable bonds is 6. The van der Waals surface area contributed by atoms with Crippen molar-refractivity contribution in [2.45, 2.75) is 39.0 Å². The Morgan fingerprint density at radius 2 is 1.77 bits per heavy atom. The van der Waals surface area contributed by atoms with Crippen LogP contribution >= 0.6 is 0 Å². The maximum atomic E-state index is 14.1. The molecule has 182 valence electrons. The van der Waals surface area contributed by atoms with Crippen LogP contribution in [0.2, 0.25) is 0 Å². The highest BCUT2D eigenvalue weighted by atomic mass is 19.4. The maximum absolute atomic E-state index is 14.1. The number of aromatic nitrogens is 1. The van der Waals surface area contributed by atoms with Crippen molar-refractivity contribution in [3.63, 3.8) is 0 Å². The van der Waals surface area contributed by atoms with E-state index in [1.807, 2.05) is 0 Å². The predicted octanol–water partition coefficient (Wildman–Crippen LogP) is 7.06. The normalized spacial score (nSPS) is 13.9. The zero-order valence-electron chi connectivity index (χ0n) is 18.5. The number of allylic oxidation sites excluding steroid dienone is 2. The molecule has 4 nitrogen and oxygen atoms in total. The molecular weight excluding hydrogens is 469 g/mol. The first kappa shape index (κ1) is 24.4. The summed E-state index contributed by atoms with van der Waals surface area (Å²) in [6.07, 6.45) is -3.05. The Hall–Kier alpha value is -3.75. The predicted molar refractivity (Wildman–Crippen MR) is 119 cm³/mol. The van der Waals surface area contributed by atoms with Crippen LogP contribution in [0, 0.1) is 18.6 Å². The molecule has 3 aromatic rings. The Bertz CT molecular complexity index is 1330. The molecule has 0 aliphatic heterocycles. The van der Waals surface area contributed by atoms with Crippen molar-refractivity contribution in [2.24, 2.45) is 0 Å². The number of aromatic carboxylic acids is 1. The minimum atomic E-state index is -4.60. The number of alkyl halides is 3. The second kappa shape index (κ2) is 9.48. The van der Waals surface area contributed by atoms with E-state index in [2.05, 4.69) is 4.98 Å². The number of aryl methyl sites for hydroxylation is 1. The Balaban J connectivity index is 1.80. The van der Waals surface area contributed by atoms with Gasteiger partial charge in [-0.05, 0) is 79.3 Å². The average molecular weight is 489 g/mol. The van der Waals surface area contributed by atoms with Gasteiger partial charge in [-0.25, -0.2) is 18.6 Å². The van der Waals surface area contributed by atoms with E-state index in [1.165, 1.54) is 12.1 Å². The van der Waals surface area contributed by atoms with Gasteiger partial charge in [-0.2, -0.15) is 13.2 Å². The molecule has 0 unspecified atom stereocenters. The summed E-state index contributed by atoms with van der Waals surface area (Å²) in [7, 11) is 0. The number of pyridine rings is 1. The highest BCUT2D eigenvalue weighted by Gasteiger charge is 2.32. The first-order valence-electron chi connectivity index (χ1n) is 10.8. The van der Waals surface area contributed by atoms with Crippen LogP contribution in [0.1, 0.15) is 57.7 Å². The topological polar surface area (TPSA) is 59.4 Å². The third-order valence-electron chi connectivity index (χ3n) is 5.86. The Kier molecular flexibility index (Phi) is 6.60. The van der Waals surface area contributed by atoms with Gasteiger partial charge in [0.25, 0.3) is 0 Å². The number of benzene rings is 2. The van der Waals surface area contributed by atoms with Gasteiger partial charge in [-0.3, -0.25) is 0 Å². The molecule has 0 bridgehead atoms. The summed E-state index contributed by atoms with van der Waals surface area (Å²) in [4.78, 5) is 15.8. The summed E-state index contributed by atoms with van der Waals surface area (Å²) in [5.41, 5.74) is 1.23. The second-order valence-electron chi connectivity index (χ2n) is 8.21. The molecule has 35 heavy (non-hydrogen) atoms. The fourth-order valence-corrected chi connectivity index (χ4v) is 4.10. The molecule has 1 aliphatic carbocycles. The molecule has 0 amide bonds. The summed E-state index contributed by atoms with van der Waals surface area (Å²) in [5.74, 6) is -2.69. The van der Waals surface area contributed by atoms with E-state index >= 15 is 0 Å². The van der Waals surface area contributed by atoms with Crippen LogP contribution < -0.4 is 4.74 Å². The number of carbonyl (C=O) groups is 1. The number of nitrogens with zero attached hydrogens (tertiary/aromatic N) is 1. The van der Waals surface area contributed by atoms with Crippen molar-refractivity contribution in [3.05, 3.63) is 93.8 Å². The van der Waals surface area contributed by atoms with Gasteiger partial charge in [0.05, 0.1) is 11.3 Å². The Morgan fingerprint density at radius 1 is 1.03 bits per heavy atom. The number of carboxylic acid groups (broad SMARTS) is 1. The number of hydrogen-bond acceptors (Lipinski definition) is 3. The van der Waals surface area contributed by atoms with Crippen LogP contribution in [0.5, 0.6) is 5.75 Å². The lowest BCUT2D eigenvalue weighted by atomic mass is 9.96. The third-order valence-corrected chi connectivity index (χ3v) is 5.86. The lowest BCUT2D eigenvalue weighted by Gasteiger charge is -2.17. The van der Waals surface area contributed by atoms with Crippen molar-refractivity contribution >= 4 is 17.1 Å². The van der Waals surface area contributed by atoms with Gasteiger partial charge in [-0.15, -0.1) is 0 Å². The number of carboxylic acids is 1. The van der Waals surface area contributed by atoms with E-state index in [0.717, 1.165) is 18.2 Å². The number of ether oxygens (including phenoxy) is 1. The zero-order chi connectivity index (χ0) is 25.3. The summed E-state index contributed by atoms with van der Waals surface area (Å²) in [6.45, 7) is 1.29. The highest BCUT2D eigenvalue weighted by Crippen LogP contribution is 2.44. The molecule has 1 aromatic heterocycles. The van der Waals surface area contributed by atoms with E-state index in [0.29, 0.717) is 47.7 Å². The van der Waals surface area contributed by atoms with Gasteiger partial charge < -0.3 is 9.84 Å². The molecule has 1 aliphatic rings. The Labute approximate surface area is 197 Å². The van der Waals surface area contributed by atoms with Crippen molar-refractivity contribution in [1.82, 2.24) is 4.98 Å². The molecule has 0 spiro atoms. The lowest BCUT2D eigenvalue weighted by Crippen LogP contribution is -2.08. The van der Waals surface area contributed by atoms with Crippen LogP contribution in [0.4, 0.5) is 22.0 Å². The van der Waals surface area contributed by atoms with Crippen LogP contribution in [0.3, 0.4) is 0 Å². The summed E-state index contributed by atoms with van der Waals surface area (Å²) in [5, 5.41) is 9.43. The standard InChI is InChI=1S/C26H20F5NO3/c1-14-5-9-22(32-24(14)25(33)34)19-4-2-3-18(19)20-11-16(26(29,30)31)7-10-23(20)35-13-15-6-8-17(27)12-21(15)28/h5-12H,2-4,13H2,1H3,(H,33,34). The van der Waals surface area contributed by atoms with Gasteiger partial charge in [0.2, 0.25) is 0 Å². The Morgan fingerprint density at radius 3 is 2.46 bits per heavy atom. The molecule has 1 N–H and O–H groups in total. The number of halogens is 5. The smallest absolute Gasteiger partial charge is 0.416 e. The van der Waals surface area contributed by atoms with Gasteiger partial charge in [0.1, 0.15) is 24.0 Å². The largest absolute Gasteiger partial charge is 0.488 e. The zero-order valence-corrected chi connectivity index (χ0v) is 18.5.